The van der Waals surface area contributed by atoms with Crippen molar-refractivity contribution in [1.82, 2.24) is 0 Å². The second-order valence-electron chi connectivity index (χ2n) is 2.69. The summed E-state index contributed by atoms with van der Waals surface area (Å²) in [6.45, 7) is -1.25. The summed E-state index contributed by atoms with van der Waals surface area (Å²) >= 11 is 0. The van der Waals surface area contributed by atoms with Crippen LogP contribution in [0.5, 0.6) is 0 Å². The molecule has 88 valence electrons. The first-order valence-electron chi connectivity index (χ1n) is 3.94. The number of aliphatic carboxylic acids is 1. The normalized spacial score (nSPS) is 16.5. The van der Waals surface area contributed by atoms with Crippen molar-refractivity contribution in [2.45, 2.75) is 18.3 Å². The average molecular weight is 224 g/mol. The molecule has 0 aromatic heterocycles. The highest BCUT2D eigenvalue weighted by Gasteiger charge is 2.31. The first kappa shape index (κ1) is 13.8. The van der Waals surface area contributed by atoms with E-state index in [9.17, 15) is 9.59 Å². The van der Waals surface area contributed by atoms with Gasteiger partial charge in [-0.1, -0.05) is 0 Å². The van der Waals surface area contributed by atoms with Gasteiger partial charge in [0.05, 0.1) is 6.61 Å². The lowest BCUT2D eigenvalue weighted by molar-refractivity contribution is -0.171. The highest BCUT2D eigenvalue weighted by atomic mass is 16.6. The van der Waals surface area contributed by atoms with Crippen LogP contribution in [0.15, 0.2) is 0 Å². The van der Waals surface area contributed by atoms with E-state index in [0.29, 0.717) is 0 Å². The second kappa shape index (κ2) is 6.30. The van der Waals surface area contributed by atoms with Crippen molar-refractivity contribution in [2.75, 3.05) is 13.2 Å². The van der Waals surface area contributed by atoms with E-state index in [1.165, 1.54) is 0 Å². The molecule has 0 spiro atoms. The van der Waals surface area contributed by atoms with Gasteiger partial charge in [-0.25, -0.2) is 9.59 Å². The lowest BCUT2D eigenvalue weighted by atomic mass is 10.2. The van der Waals surface area contributed by atoms with Crippen LogP contribution >= 0.6 is 0 Å². The molecule has 0 saturated carbocycles. The number of carbonyl (C=O) groups excluding carboxylic acids is 1. The summed E-state index contributed by atoms with van der Waals surface area (Å²) in [6, 6.07) is 0. The fraction of sp³-hybridized carbons (Fsp3) is 0.714. The van der Waals surface area contributed by atoms with Crippen LogP contribution in [0.1, 0.15) is 0 Å². The van der Waals surface area contributed by atoms with Gasteiger partial charge in [0.25, 0.3) is 0 Å². The summed E-state index contributed by atoms with van der Waals surface area (Å²) in [5.74, 6) is -3.17. The monoisotopic (exact) mass is 224 g/mol. The zero-order valence-electron chi connectivity index (χ0n) is 7.61. The molecule has 0 aliphatic heterocycles. The minimum Gasteiger partial charge on any atom is -0.479 e. The molecule has 0 saturated heterocycles. The summed E-state index contributed by atoms with van der Waals surface area (Å²) in [5, 5.41) is 42.9. The Kier molecular flexibility index (Phi) is 5.79. The lowest BCUT2D eigenvalue weighted by Crippen LogP contribution is -2.41. The van der Waals surface area contributed by atoms with Crippen molar-refractivity contribution in [2.24, 2.45) is 0 Å². The van der Waals surface area contributed by atoms with Crippen LogP contribution in [0.3, 0.4) is 0 Å². The van der Waals surface area contributed by atoms with E-state index in [2.05, 4.69) is 4.74 Å². The SMILES string of the molecule is O=C(O)[C@H](O)[C@@H](O)C(=O)OCC(O)CO. The summed E-state index contributed by atoms with van der Waals surface area (Å²) in [5.41, 5.74) is 0. The van der Waals surface area contributed by atoms with Crippen molar-refractivity contribution >= 4 is 11.9 Å². The lowest BCUT2D eigenvalue weighted by Gasteiger charge is -2.14. The van der Waals surface area contributed by atoms with E-state index in [1.807, 2.05) is 0 Å². The molecule has 0 aliphatic rings. The van der Waals surface area contributed by atoms with Gasteiger partial charge in [0.15, 0.2) is 12.2 Å². The third-order valence-corrected chi connectivity index (χ3v) is 1.42. The first-order chi connectivity index (χ1) is 6.90. The first-order valence-corrected chi connectivity index (χ1v) is 3.94. The van der Waals surface area contributed by atoms with Gasteiger partial charge < -0.3 is 30.3 Å². The van der Waals surface area contributed by atoms with Crippen LogP contribution in [0, 0.1) is 0 Å². The highest BCUT2D eigenvalue weighted by Crippen LogP contribution is 1.98. The zero-order chi connectivity index (χ0) is 12.0. The number of carbonyl (C=O) groups is 2. The Labute approximate surface area is 84.3 Å². The van der Waals surface area contributed by atoms with E-state index in [-0.39, 0.29) is 0 Å². The Morgan fingerprint density at radius 1 is 1.13 bits per heavy atom. The maximum atomic E-state index is 10.8. The van der Waals surface area contributed by atoms with Crippen molar-refractivity contribution in [3.05, 3.63) is 0 Å². The van der Waals surface area contributed by atoms with Crippen molar-refractivity contribution in [3.63, 3.8) is 0 Å². The Bertz CT molecular complexity index is 227. The largest absolute Gasteiger partial charge is 0.479 e. The second-order valence-corrected chi connectivity index (χ2v) is 2.69. The number of hydrogen-bond donors (Lipinski definition) is 5. The maximum absolute atomic E-state index is 10.8. The molecule has 15 heavy (non-hydrogen) atoms. The number of aliphatic hydroxyl groups is 4. The molecule has 0 aromatic rings. The Balaban J connectivity index is 4.05. The molecule has 3 atom stereocenters. The topological polar surface area (TPSA) is 145 Å². The van der Waals surface area contributed by atoms with Crippen LogP contribution in [0.25, 0.3) is 0 Å². The Morgan fingerprint density at radius 2 is 1.67 bits per heavy atom. The fourth-order valence-corrected chi connectivity index (χ4v) is 0.580. The number of hydrogen-bond acceptors (Lipinski definition) is 7. The molecule has 0 amide bonds. The third kappa shape index (κ3) is 4.70. The van der Waals surface area contributed by atoms with Crippen LogP contribution < -0.4 is 0 Å². The van der Waals surface area contributed by atoms with Gasteiger partial charge in [-0.05, 0) is 0 Å². The van der Waals surface area contributed by atoms with Crippen LogP contribution in [-0.4, -0.2) is 69.0 Å². The Morgan fingerprint density at radius 3 is 2.07 bits per heavy atom. The predicted octanol–water partition coefficient (Wildman–Crippen LogP) is -3.31. The van der Waals surface area contributed by atoms with E-state index in [4.69, 9.17) is 25.5 Å². The maximum Gasteiger partial charge on any atom is 0.338 e. The van der Waals surface area contributed by atoms with Gasteiger partial charge in [0.2, 0.25) is 0 Å². The number of aliphatic hydroxyl groups excluding tert-OH is 4. The number of esters is 1. The molecule has 0 heterocycles. The molecule has 8 nitrogen and oxygen atoms in total. The smallest absolute Gasteiger partial charge is 0.338 e. The van der Waals surface area contributed by atoms with Crippen LogP contribution in [-0.2, 0) is 14.3 Å². The van der Waals surface area contributed by atoms with Gasteiger partial charge in [0.1, 0.15) is 12.7 Å². The number of ether oxygens (including phenoxy) is 1. The van der Waals surface area contributed by atoms with Crippen LogP contribution in [0.2, 0.25) is 0 Å². The number of carboxylic acids is 1. The van der Waals surface area contributed by atoms with Gasteiger partial charge in [0, 0.05) is 0 Å². The van der Waals surface area contributed by atoms with E-state index in [0.717, 1.165) is 0 Å². The molecule has 0 rings (SSSR count). The van der Waals surface area contributed by atoms with Gasteiger partial charge in [-0.15, -0.1) is 0 Å². The minimum absolute atomic E-state index is 0.598. The summed E-state index contributed by atoms with van der Waals surface area (Å²) in [7, 11) is 0. The Hall–Kier alpha value is -1.22. The fourth-order valence-electron chi connectivity index (χ4n) is 0.580. The predicted molar refractivity (Wildman–Crippen MR) is 43.7 cm³/mol. The summed E-state index contributed by atoms with van der Waals surface area (Å²) in [6.07, 6.45) is -5.83. The van der Waals surface area contributed by atoms with Crippen molar-refractivity contribution in [1.29, 1.82) is 0 Å². The summed E-state index contributed by atoms with van der Waals surface area (Å²) in [4.78, 5) is 21.0. The zero-order valence-corrected chi connectivity index (χ0v) is 7.61. The van der Waals surface area contributed by atoms with Gasteiger partial charge >= 0.3 is 11.9 Å². The standard InChI is InChI=1S/C7H12O8/c8-1-3(9)2-15-7(14)5(11)4(10)6(12)13/h3-5,8-11H,1-2H2,(H,12,13)/t3?,4-,5-/m1/s1. The quantitative estimate of drug-likeness (QED) is 0.295. The molecule has 0 bridgehead atoms. The van der Waals surface area contributed by atoms with Crippen LogP contribution in [0.4, 0.5) is 0 Å². The molecule has 0 aliphatic carbocycles. The number of carboxylic acid groups (broad SMARTS) is 1. The van der Waals surface area contributed by atoms with Crippen molar-refractivity contribution < 1.29 is 39.9 Å². The summed E-state index contributed by atoms with van der Waals surface area (Å²) < 4.78 is 4.21. The van der Waals surface area contributed by atoms with E-state index in [1.54, 1.807) is 0 Å². The molecule has 0 aromatic carbocycles. The molecule has 0 fully saturated rings. The minimum atomic E-state index is -2.29. The third-order valence-electron chi connectivity index (χ3n) is 1.42. The van der Waals surface area contributed by atoms with Gasteiger partial charge in [-0.3, -0.25) is 0 Å². The van der Waals surface area contributed by atoms with E-state index < -0.39 is 43.5 Å². The molecular formula is C7H12O8. The number of rotatable bonds is 6. The molecule has 0 radical (unpaired) electrons. The molecule has 8 heteroatoms. The van der Waals surface area contributed by atoms with Crippen molar-refractivity contribution in [3.8, 4) is 0 Å². The highest BCUT2D eigenvalue weighted by molar-refractivity contribution is 5.84. The van der Waals surface area contributed by atoms with E-state index >= 15 is 0 Å². The molecular weight excluding hydrogens is 212 g/mol. The average Bonchev–Trinajstić information content (AvgIpc) is 2.22. The molecule has 5 N–H and O–H groups in total. The van der Waals surface area contributed by atoms with Gasteiger partial charge in [-0.2, -0.15) is 0 Å². The molecule has 1 unspecified atom stereocenters.